The number of carboxylic acid groups (broad SMARTS) is 1. The van der Waals surface area contributed by atoms with Crippen molar-refractivity contribution >= 4 is 67.3 Å². The second-order valence-electron chi connectivity index (χ2n) is 30.9. The highest BCUT2D eigenvalue weighted by atomic mass is 32.2. The number of piperidine rings is 2. The zero-order valence-corrected chi connectivity index (χ0v) is 56.4. The van der Waals surface area contributed by atoms with Crippen LogP contribution in [0.4, 0.5) is 9.59 Å². The van der Waals surface area contributed by atoms with Gasteiger partial charge in [-0.15, -0.1) is 0 Å². The first-order valence-corrected chi connectivity index (χ1v) is 38.3. The minimum atomic E-state index is -3.38. The number of nitrogens with one attached hydrogen (secondary N) is 6. The predicted molar refractivity (Wildman–Crippen MR) is 351 cm³/mol. The summed E-state index contributed by atoms with van der Waals surface area (Å²) in [6.07, 6.45) is 20.0. The summed E-state index contributed by atoms with van der Waals surface area (Å²) in [5.74, 6) is -3.71. The number of sulfone groups is 2. The van der Waals surface area contributed by atoms with E-state index in [-0.39, 0.29) is 90.4 Å². The van der Waals surface area contributed by atoms with Crippen molar-refractivity contribution in [1.29, 1.82) is 0 Å². The Balaban J connectivity index is 0.000000258. The SMILES string of the molecule is C.C.CC1(C)C2CN(C(=O)[C@@H](NC(=O)NC3(CS(C)(=O)=O)CCCCC3)C3CCCCC3)[C@H](C(=O)NC(CC3CC3)C(O)C(=O)O)[C@H]21.COC(=O)C(O)C(CC1CC1)NC(=O)[C@@H]1[C@@H]2C(CN1C(=O)[C@@H](NC(=O)NC1(CS(C)(=O)=O)CCCCC1)C1CCCCC1)C2(C)C. The molecule has 0 radical (unpaired) electrons. The number of hydrogen-bond donors (Lipinski definition) is 9. The van der Waals surface area contributed by atoms with Gasteiger partial charge in [-0.1, -0.05) is 145 Å². The molecule has 0 bridgehead atoms. The number of amides is 8. The lowest BCUT2D eigenvalue weighted by Crippen LogP contribution is -2.63. The van der Waals surface area contributed by atoms with Gasteiger partial charge >= 0.3 is 24.0 Å². The van der Waals surface area contributed by atoms with Gasteiger partial charge in [0.1, 0.15) is 43.8 Å². The molecule has 10 aliphatic rings. The number of hydrogen-bond acceptors (Lipinski definition) is 15. The molecule has 0 aromatic carbocycles. The Labute approximate surface area is 553 Å². The van der Waals surface area contributed by atoms with Gasteiger partial charge in [-0.05, 0) is 122 Å². The molecule has 8 amide bonds. The summed E-state index contributed by atoms with van der Waals surface area (Å²) in [5.41, 5.74) is -2.11. The number of aliphatic hydroxyl groups excluding tert-OH is 2. The summed E-state index contributed by atoms with van der Waals surface area (Å²) in [6.45, 7) is 9.04. The van der Waals surface area contributed by atoms with E-state index in [0.29, 0.717) is 57.5 Å². The van der Waals surface area contributed by atoms with Crippen LogP contribution in [0.5, 0.6) is 0 Å². The van der Waals surface area contributed by atoms with Crippen molar-refractivity contribution in [2.45, 2.75) is 269 Å². The third kappa shape index (κ3) is 18.4. The Bertz CT molecular complexity index is 2910. The molecule has 8 aliphatic carbocycles. The maximum atomic E-state index is 14.5. The highest BCUT2D eigenvalue weighted by Crippen LogP contribution is 2.66. The summed E-state index contributed by atoms with van der Waals surface area (Å²) in [6, 6.07) is -6.29. The molecule has 9 N–H and O–H groups in total. The Hall–Kier alpha value is -4.82. The third-order valence-corrected chi connectivity index (χ3v) is 25.2. The lowest BCUT2D eigenvalue weighted by molar-refractivity contribution is -0.153. The smallest absolute Gasteiger partial charge is 0.336 e. The zero-order chi connectivity index (χ0) is 66.2. The first-order valence-electron chi connectivity index (χ1n) is 34.2. The van der Waals surface area contributed by atoms with Crippen molar-refractivity contribution in [3.05, 3.63) is 0 Å². The molecule has 26 heteroatoms. The fourth-order valence-electron chi connectivity index (χ4n) is 17.5. The number of ether oxygens (including phenoxy) is 1. The monoisotopic (exact) mass is 1350 g/mol. The Morgan fingerprint density at radius 2 is 0.839 bits per heavy atom. The maximum absolute atomic E-state index is 14.5. The lowest BCUT2D eigenvalue weighted by atomic mass is 9.82. The predicted octanol–water partition coefficient (Wildman–Crippen LogP) is 5.75. The van der Waals surface area contributed by atoms with Crippen LogP contribution < -0.4 is 31.9 Å². The molecular formula is C67H114N8O16S2. The second-order valence-corrected chi connectivity index (χ2v) is 35.2. The standard InChI is InChI=1S/C33H54N4O8S.C32H52N4O8S.2CH4/c1-32(2)22-18-37(26(24(22)32)28(39)34-23(17-20-13-14-20)27(38)30(41)45-3)29(40)25(21-11-7-5-8-12-21)35-31(42)36-33(19-46(4,43)44)15-9-6-10-16-33;1-31(2)21-17-36(25(23(21)31)27(38)33-22(16-19-12-13-19)26(37)29(40)41)28(39)24(20-10-6-4-7-11-20)34-30(42)35-32(18-45(3,43)44)14-8-5-9-15-32;;/h20-27,38H,5-19H2,1-4H3,(H,34,39)(H2,35,36,42);19-26,37H,4-18H2,1-3H3,(H,33,38)(H,40,41)(H2,34,35,42);2*1H4/t22?,23?,24-,25-,26-,27?;21?,22?,23-,24-,25-,26?;;/m00../s1. The molecule has 10 rings (SSSR count). The second kappa shape index (κ2) is 30.3. The molecule has 6 unspecified atom stereocenters. The molecule has 8 saturated carbocycles. The van der Waals surface area contributed by atoms with Crippen LogP contribution in [0.25, 0.3) is 0 Å². The van der Waals surface area contributed by atoms with E-state index in [2.05, 4.69) is 59.6 Å². The van der Waals surface area contributed by atoms with E-state index in [4.69, 9.17) is 4.74 Å². The number of likely N-dealkylation sites (tertiary alicyclic amines) is 2. The quantitative estimate of drug-likeness (QED) is 0.0519. The number of carbonyl (C=O) groups is 8. The van der Waals surface area contributed by atoms with E-state index in [9.17, 15) is 70.5 Å². The van der Waals surface area contributed by atoms with E-state index < -0.39 is 115 Å². The molecule has 2 heterocycles. The number of aliphatic carboxylic acids is 1. The molecule has 93 heavy (non-hydrogen) atoms. The Morgan fingerprint density at radius 1 is 0.505 bits per heavy atom. The topological polar surface area (TPSA) is 353 Å². The van der Waals surface area contributed by atoms with Crippen LogP contribution in [0.3, 0.4) is 0 Å². The summed E-state index contributed by atoms with van der Waals surface area (Å²) < 4.78 is 54.1. The van der Waals surface area contributed by atoms with Crippen molar-refractivity contribution in [2.75, 3.05) is 44.2 Å². The average Bonchev–Trinajstić information content (AvgIpc) is 1.53. The number of fused-ring (bicyclic) bond motifs is 2. The third-order valence-electron chi connectivity index (χ3n) is 23.0. The van der Waals surface area contributed by atoms with Crippen LogP contribution in [0.15, 0.2) is 0 Å². The van der Waals surface area contributed by atoms with Gasteiger partial charge in [-0.25, -0.2) is 36.0 Å². The normalized spacial score (nSPS) is 28.7. The maximum Gasteiger partial charge on any atom is 0.336 e. The first-order chi connectivity index (χ1) is 42.8. The molecular weight excluding hydrogens is 1240 g/mol. The van der Waals surface area contributed by atoms with Crippen molar-refractivity contribution in [3.8, 4) is 0 Å². The molecule has 0 aromatic rings. The van der Waals surface area contributed by atoms with E-state index in [0.717, 1.165) is 128 Å². The highest BCUT2D eigenvalue weighted by Gasteiger charge is 2.71. The number of aliphatic hydroxyl groups is 2. The molecule has 2 saturated heterocycles. The summed E-state index contributed by atoms with van der Waals surface area (Å²) in [4.78, 5) is 111. The molecule has 10 fully saturated rings. The fraction of sp³-hybridized carbons (Fsp3) is 0.881. The number of methoxy groups -OCH3 is 1. The average molecular weight is 1350 g/mol. The van der Waals surface area contributed by atoms with Gasteiger partial charge in [0.2, 0.25) is 23.6 Å². The molecule has 0 aromatic heterocycles. The summed E-state index contributed by atoms with van der Waals surface area (Å²) in [5, 5.41) is 48.3. The fourth-order valence-corrected chi connectivity index (χ4v) is 20.3. The van der Waals surface area contributed by atoms with E-state index in [1.807, 2.05) is 0 Å². The number of esters is 1. The van der Waals surface area contributed by atoms with Gasteiger partial charge in [0, 0.05) is 25.6 Å². The van der Waals surface area contributed by atoms with Crippen LogP contribution in [0.2, 0.25) is 0 Å². The number of urea groups is 2. The zero-order valence-electron chi connectivity index (χ0n) is 54.8. The Morgan fingerprint density at radius 3 is 1.15 bits per heavy atom. The van der Waals surface area contributed by atoms with E-state index >= 15 is 0 Å². The van der Waals surface area contributed by atoms with Crippen LogP contribution in [0.1, 0.15) is 209 Å². The number of carbonyl (C=O) groups excluding carboxylic acids is 7. The van der Waals surface area contributed by atoms with Gasteiger partial charge < -0.3 is 61.8 Å². The van der Waals surface area contributed by atoms with Crippen molar-refractivity contribution in [1.82, 2.24) is 41.7 Å². The summed E-state index contributed by atoms with van der Waals surface area (Å²) >= 11 is 0. The molecule has 24 nitrogen and oxygen atoms in total. The molecule has 12 atom stereocenters. The van der Waals surface area contributed by atoms with Crippen molar-refractivity contribution < 1.29 is 75.2 Å². The van der Waals surface area contributed by atoms with Gasteiger partial charge in [0.25, 0.3) is 0 Å². The molecule has 530 valence electrons. The molecule has 0 spiro atoms. The van der Waals surface area contributed by atoms with Gasteiger partial charge in [-0.3, -0.25) is 19.2 Å². The van der Waals surface area contributed by atoms with Crippen molar-refractivity contribution in [2.24, 2.45) is 58.2 Å². The minimum absolute atomic E-state index is 0. The van der Waals surface area contributed by atoms with Crippen LogP contribution in [0, 0.1) is 58.2 Å². The largest absolute Gasteiger partial charge is 0.479 e. The van der Waals surface area contributed by atoms with Crippen LogP contribution in [-0.4, -0.2) is 193 Å². The number of nitrogens with zero attached hydrogens (tertiary/aromatic N) is 2. The Kier molecular flexibility index (Phi) is 24.6. The van der Waals surface area contributed by atoms with E-state index in [1.54, 1.807) is 9.80 Å². The molecule has 2 aliphatic heterocycles. The van der Waals surface area contributed by atoms with Crippen LogP contribution >= 0.6 is 0 Å². The number of rotatable bonds is 24. The van der Waals surface area contributed by atoms with Crippen LogP contribution in [-0.2, 0) is 53.2 Å². The van der Waals surface area contributed by atoms with Crippen molar-refractivity contribution in [3.63, 3.8) is 0 Å². The van der Waals surface area contributed by atoms with Gasteiger partial charge in [0.05, 0.1) is 41.8 Å². The number of carboxylic acids is 1. The first kappa shape index (κ1) is 75.6. The van der Waals surface area contributed by atoms with E-state index in [1.165, 1.54) is 19.6 Å². The lowest BCUT2D eigenvalue weighted by Gasteiger charge is -2.40. The minimum Gasteiger partial charge on any atom is -0.479 e. The summed E-state index contributed by atoms with van der Waals surface area (Å²) in [7, 11) is -5.55. The highest BCUT2D eigenvalue weighted by molar-refractivity contribution is 7.91. The van der Waals surface area contributed by atoms with Gasteiger partial charge in [0.15, 0.2) is 12.2 Å². The van der Waals surface area contributed by atoms with Gasteiger partial charge in [-0.2, -0.15) is 0 Å².